The van der Waals surface area contributed by atoms with Crippen LogP contribution in [0.25, 0.3) is 0 Å². The molecule has 0 radical (unpaired) electrons. The van der Waals surface area contributed by atoms with Crippen LogP contribution >= 0.6 is 11.6 Å². The lowest BCUT2D eigenvalue weighted by molar-refractivity contribution is -0.117. The highest BCUT2D eigenvalue weighted by Crippen LogP contribution is 2.10. The number of carbonyl (C=O) groups excluding carboxylic acids is 1. The fraction of sp³-hybridized carbons (Fsp3) is 0.333. The second-order valence-corrected chi connectivity index (χ2v) is 5.22. The Balaban J connectivity index is 2.54. The molecule has 0 saturated carbocycles. The first-order valence-electron chi connectivity index (χ1n) is 6.39. The molecule has 5 heteroatoms. The van der Waals surface area contributed by atoms with E-state index in [2.05, 4.69) is 10.6 Å². The minimum atomic E-state index is -0.361. The average molecular weight is 292 g/mol. The van der Waals surface area contributed by atoms with Gasteiger partial charge in [0.05, 0.1) is 0 Å². The molecule has 1 amide bonds. The number of nitriles is 1. The van der Waals surface area contributed by atoms with Crippen molar-refractivity contribution < 1.29 is 4.79 Å². The smallest absolute Gasteiger partial charge is 0.263 e. The van der Waals surface area contributed by atoms with E-state index in [1.54, 1.807) is 6.07 Å². The molecule has 0 bridgehead atoms. The Kier molecular flexibility index (Phi) is 6.61. The van der Waals surface area contributed by atoms with Gasteiger partial charge in [0.15, 0.2) is 0 Å². The van der Waals surface area contributed by atoms with Crippen LogP contribution in [0.2, 0.25) is 5.02 Å². The van der Waals surface area contributed by atoms with E-state index < -0.39 is 0 Å². The van der Waals surface area contributed by atoms with E-state index in [0.29, 0.717) is 24.0 Å². The summed E-state index contributed by atoms with van der Waals surface area (Å²) in [5.41, 5.74) is 1.04. The first kappa shape index (κ1) is 16.1. The maximum absolute atomic E-state index is 11.7. The monoisotopic (exact) mass is 291 g/mol. The molecular formula is C15H18ClN3O. The Morgan fingerprint density at radius 2 is 2.25 bits per heavy atom. The van der Waals surface area contributed by atoms with Crippen molar-refractivity contribution in [1.29, 1.82) is 5.26 Å². The van der Waals surface area contributed by atoms with Crippen LogP contribution in [0.5, 0.6) is 0 Å². The molecule has 0 fully saturated rings. The normalized spacial score (nSPS) is 11.1. The third kappa shape index (κ3) is 5.77. The first-order chi connectivity index (χ1) is 9.52. The van der Waals surface area contributed by atoms with Crippen molar-refractivity contribution in [2.75, 3.05) is 6.54 Å². The van der Waals surface area contributed by atoms with Crippen molar-refractivity contribution in [1.82, 2.24) is 10.6 Å². The van der Waals surface area contributed by atoms with Crippen LogP contribution in [0.3, 0.4) is 0 Å². The molecular weight excluding hydrogens is 274 g/mol. The maximum atomic E-state index is 11.7. The van der Waals surface area contributed by atoms with E-state index in [1.165, 1.54) is 6.20 Å². The van der Waals surface area contributed by atoms with Gasteiger partial charge in [0.1, 0.15) is 11.6 Å². The Hall–Kier alpha value is -1.99. The summed E-state index contributed by atoms with van der Waals surface area (Å²) in [7, 11) is 0. The zero-order valence-corrected chi connectivity index (χ0v) is 12.4. The number of halogens is 1. The predicted molar refractivity (Wildman–Crippen MR) is 79.8 cm³/mol. The van der Waals surface area contributed by atoms with Gasteiger partial charge in [0.2, 0.25) is 0 Å². The van der Waals surface area contributed by atoms with Crippen molar-refractivity contribution >= 4 is 17.5 Å². The molecule has 0 aliphatic carbocycles. The second kappa shape index (κ2) is 8.23. The van der Waals surface area contributed by atoms with E-state index in [1.807, 2.05) is 38.1 Å². The van der Waals surface area contributed by atoms with E-state index in [0.717, 1.165) is 5.56 Å². The number of benzene rings is 1. The van der Waals surface area contributed by atoms with Gasteiger partial charge in [-0.1, -0.05) is 37.6 Å². The molecule has 0 spiro atoms. The zero-order chi connectivity index (χ0) is 15.0. The largest absolute Gasteiger partial charge is 0.386 e. The first-order valence-corrected chi connectivity index (χ1v) is 6.77. The van der Waals surface area contributed by atoms with Gasteiger partial charge in [-0.15, -0.1) is 0 Å². The van der Waals surface area contributed by atoms with Gasteiger partial charge in [0.25, 0.3) is 5.91 Å². The summed E-state index contributed by atoms with van der Waals surface area (Å²) in [4.78, 5) is 11.7. The highest BCUT2D eigenvalue weighted by molar-refractivity contribution is 6.30. The summed E-state index contributed by atoms with van der Waals surface area (Å²) in [5, 5.41) is 15.3. The molecule has 0 aliphatic rings. The molecule has 0 aromatic heterocycles. The van der Waals surface area contributed by atoms with Crippen LogP contribution in [0, 0.1) is 17.2 Å². The lowest BCUT2D eigenvalue weighted by Crippen LogP contribution is -2.29. The van der Waals surface area contributed by atoms with Crippen LogP contribution < -0.4 is 10.6 Å². The molecule has 0 atom stereocenters. The molecule has 20 heavy (non-hydrogen) atoms. The second-order valence-electron chi connectivity index (χ2n) is 4.78. The summed E-state index contributed by atoms with van der Waals surface area (Å²) in [6.07, 6.45) is 1.43. The molecule has 0 unspecified atom stereocenters. The minimum absolute atomic E-state index is 0.0627. The van der Waals surface area contributed by atoms with Gasteiger partial charge in [-0.3, -0.25) is 4.79 Å². The standard InChI is InChI=1S/C15H18ClN3O/c1-11(2)8-19-15(20)13(7-17)10-18-9-12-4-3-5-14(16)6-12/h3-6,10-11,18H,8-9H2,1-2H3,(H,19,20)/b13-10-. The van der Waals surface area contributed by atoms with Gasteiger partial charge in [-0.2, -0.15) is 5.26 Å². The van der Waals surface area contributed by atoms with Crippen LogP contribution in [-0.2, 0) is 11.3 Å². The van der Waals surface area contributed by atoms with Gasteiger partial charge in [-0.05, 0) is 23.6 Å². The van der Waals surface area contributed by atoms with Crippen molar-refractivity contribution in [3.8, 4) is 6.07 Å². The third-order valence-electron chi connectivity index (χ3n) is 2.48. The van der Waals surface area contributed by atoms with Crippen molar-refractivity contribution in [2.24, 2.45) is 5.92 Å². The molecule has 0 saturated heterocycles. The summed E-state index contributed by atoms with van der Waals surface area (Å²) in [6, 6.07) is 9.27. The molecule has 2 N–H and O–H groups in total. The summed E-state index contributed by atoms with van der Waals surface area (Å²) < 4.78 is 0. The molecule has 0 aliphatic heterocycles. The SMILES string of the molecule is CC(C)CNC(=O)/C(C#N)=C\NCc1cccc(Cl)c1. The Labute approximate surface area is 124 Å². The molecule has 106 valence electrons. The minimum Gasteiger partial charge on any atom is -0.386 e. The van der Waals surface area contributed by atoms with E-state index >= 15 is 0 Å². The Morgan fingerprint density at radius 1 is 1.50 bits per heavy atom. The van der Waals surface area contributed by atoms with Crippen LogP contribution in [0.15, 0.2) is 36.0 Å². The molecule has 1 aromatic carbocycles. The topological polar surface area (TPSA) is 64.9 Å². The number of nitrogens with one attached hydrogen (secondary N) is 2. The van der Waals surface area contributed by atoms with E-state index in [-0.39, 0.29) is 11.5 Å². The third-order valence-corrected chi connectivity index (χ3v) is 2.71. The fourth-order valence-corrected chi connectivity index (χ4v) is 1.67. The molecule has 1 aromatic rings. The van der Waals surface area contributed by atoms with Crippen LogP contribution in [0.4, 0.5) is 0 Å². The van der Waals surface area contributed by atoms with Gasteiger partial charge in [0, 0.05) is 24.3 Å². The number of hydrogen-bond donors (Lipinski definition) is 2. The quantitative estimate of drug-likeness (QED) is 0.625. The van der Waals surface area contributed by atoms with E-state index in [9.17, 15) is 4.79 Å². The summed E-state index contributed by atoms with van der Waals surface area (Å²) >= 11 is 5.88. The lowest BCUT2D eigenvalue weighted by atomic mass is 10.2. The average Bonchev–Trinajstić information content (AvgIpc) is 2.41. The van der Waals surface area contributed by atoms with Crippen molar-refractivity contribution in [3.63, 3.8) is 0 Å². The maximum Gasteiger partial charge on any atom is 0.263 e. The van der Waals surface area contributed by atoms with E-state index in [4.69, 9.17) is 16.9 Å². The predicted octanol–water partition coefficient (Wildman–Crippen LogP) is 2.61. The molecule has 4 nitrogen and oxygen atoms in total. The van der Waals surface area contributed by atoms with Gasteiger partial charge >= 0.3 is 0 Å². The van der Waals surface area contributed by atoms with Crippen molar-refractivity contribution in [3.05, 3.63) is 46.6 Å². The zero-order valence-electron chi connectivity index (χ0n) is 11.6. The van der Waals surface area contributed by atoms with Crippen LogP contribution in [0.1, 0.15) is 19.4 Å². The lowest BCUT2D eigenvalue weighted by Gasteiger charge is -2.07. The number of rotatable bonds is 6. The number of carbonyl (C=O) groups is 1. The highest BCUT2D eigenvalue weighted by atomic mass is 35.5. The number of hydrogen-bond acceptors (Lipinski definition) is 3. The van der Waals surface area contributed by atoms with Crippen LogP contribution in [-0.4, -0.2) is 12.5 Å². The van der Waals surface area contributed by atoms with Gasteiger partial charge in [-0.25, -0.2) is 0 Å². The van der Waals surface area contributed by atoms with Gasteiger partial charge < -0.3 is 10.6 Å². The fourth-order valence-electron chi connectivity index (χ4n) is 1.46. The number of nitrogens with zero attached hydrogens (tertiary/aromatic N) is 1. The number of amides is 1. The van der Waals surface area contributed by atoms with Crippen molar-refractivity contribution in [2.45, 2.75) is 20.4 Å². The summed E-state index contributed by atoms with van der Waals surface area (Å²) in [6.45, 7) is 5.04. The Morgan fingerprint density at radius 3 is 2.85 bits per heavy atom. The molecule has 1 rings (SSSR count). The Bertz CT molecular complexity index is 532. The highest BCUT2D eigenvalue weighted by Gasteiger charge is 2.08. The molecule has 0 heterocycles. The summed E-state index contributed by atoms with van der Waals surface area (Å²) in [5.74, 6) is -0.0156.